The lowest BCUT2D eigenvalue weighted by Crippen LogP contribution is -2.46. The summed E-state index contributed by atoms with van der Waals surface area (Å²) in [5.74, 6) is 4.18. The lowest BCUT2D eigenvalue weighted by atomic mass is 9.80. The number of aryl methyl sites for hydroxylation is 1. The van der Waals surface area contributed by atoms with Gasteiger partial charge in [0, 0.05) is 13.1 Å². The number of aliphatic imine (C=N–C) groups is 1. The number of guanidine groups is 1. The number of aromatic nitrogens is 3. The Morgan fingerprint density at radius 3 is 2.44 bits per heavy atom. The predicted octanol–water partition coefficient (Wildman–Crippen LogP) is 3.18. The molecule has 1 saturated carbocycles. The minimum absolute atomic E-state index is 0.465. The molecule has 27 heavy (non-hydrogen) atoms. The molecule has 2 N–H and O–H groups in total. The Balaban J connectivity index is 1.68. The van der Waals surface area contributed by atoms with Crippen LogP contribution in [0.4, 0.5) is 0 Å². The molecule has 1 heterocycles. The number of hydrogen-bond donors (Lipinski definition) is 2. The van der Waals surface area contributed by atoms with E-state index in [1.165, 1.54) is 24.8 Å². The molecule has 2 aromatic rings. The third-order valence-corrected chi connectivity index (χ3v) is 5.38. The predicted molar refractivity (Wildman–Crippen MR) is 109 cm³/mol. The highest BCUT2D eigenvalue weighted by Crippen LogP contribution is 2.28. The van der Waals surface area contributed by atoms with Gasteiger partial charge in [0.1, 0.15) is 5.82 Å². The number of nitrogens with zero attached hydrogens (tertiary/aromatic N) is 4. The summed E-state index contributed by atoms with van der Waals surface area (Å²) in [5, 5.41) is 15.5. The lowest BCUT2D eigenvalue weighted by molar-refractivity contribution is 0.255. The fourth-order valence-electron chi connectivity index (χ4n) is 3.93. The van der Waals surface area contributed by atoms with E-state index >= 15 is 0 Å². The van der Waals surface area contributed by atoms with Crippen molar-refractivity contribution in [2.75, 3.05) is 0 Å². The molecule has 2 unspecified atom stereocenters. The Kier molecular flexibility index (Phi) is 6.48. The summed E-state index contributed by atoms with van der Waals surface area (Å²) in [6.07, 6.45) is 3.71. The Bertz CT molecular complexity index is 741. The molecule has 0 bridgehead atoms. The molecular weight excluding hydrogens is 336 g/mol. The van der Waals surface area contributed by atoms with Crippen LogP contribution in [0.1, 0.15) is 50.3 Å². The van der Waals surface area contributed by atoms with E-state index in [1.54, 1.807) is 0 Å². The number of hydrogen-bond acceptors (Lipinski definition) is 3. The molecule has 1 aliphatic carbocycles. The smallest absolute Gasteiger partial charge is 0.192 e. The molecule has 0 radical (unpaired) electrons. The summed E-state index contributed by atoms with van der Waals surface area (Å²) >= 11 is 0. The van der Waals surface area contributed by atoms with Crippen molar-refractivity contribution in [1.82, 2.24) is 25.4 Å². The first-order valence-electron chi connectivity index (χ1n) is 9.95. The maximum Gasteiger partial charge on any atom is 0.192 e. The molecule has 2 atom stereocenters. The fourth-order valence-corrected chi connectivity index (χ4v) is 3.93. The monoisotopic (exact) mass is 368 g/mol. The van der Waals surface area contributed by atoms with Crippen molar-refractivity contribution >= 4 is 5.96 Å². The summed E-state index contributed by atoms with van der Waals surface area (Å²) in [6.45, 7) is 7.92. The Hall–Kier alpha value is -2.37. The van der Waals surface area contributed by atoms with Gasteiger partial charge in [-0.15, -0.1) is 10.2 Å². The third kappa shape index (κ3) is 5.55. The maximum atomic E-state index is 4.83. The minimum Gasteiger partial charge on any atom is -0.354 e. The van der Waals surface area contributed by atoms with Crippen LogP contribution in [0.3, 0.4) is 0 Å². The van der Waals surface area contributed by atoms with Crippen molar-refractivity contribution in [1.29, 1.82) is 0 Å². The summed E-state index contributed by atoms with van der Waals surface area (Å²) in [5.41, 5.74) is 1.21. The van der Waals surface area contributed by atoms with E-state index in [0.717, 1.165) is 29.4 Å². The van der Waals surface area contributed by atoms with Crippen molar-refractivity contribution in [3.8, 4) is 0 Å². The van der Waals surface area contributed by atoms with Gasteiger partial charge in [0.25, 0.3) is 0 Å². The van der Waals surface area contributed by atoms with Gasteiger partial charge >= 0.3 is 0 Å². The molecular formula is C21H32N6. The van der Waals surface area contributed by atoms with Crippen LogP contribution in [0.2, 0.25) is 0 Å². The van der Waals surface area contributed by atoms with Gasteiger partial charge in [-0.3, -0.25) is 0 Å². The van der Waals surface area contributed by atoms with Gasteiger partial charge in [0.2, 0.25) is 0 Å². The van der Waals surface area contributed by atoms with Crippen LogP contribution in [-0.2, 0) is 20.1 Å². The van der Waals surface area contributed by atoms with Gasteiger partial charge < -0.3 is 15.2 Å². The van der Waals surface area contributed by atoms with Crippen molar-refractivity contribution in [2.24, 2.45) is 23.9 Å². The van der Waals surface area contributed by atoms with Gasteiger partial charge in [0.15, 0.2) is 11.8 Å². The molecule has 1 aromatic carbocycles. The fraction of sp³-hybridized carbons (Fsp3) is 0.571. The van der Waals surface area contributed by atoms with Gasteiger partial charge in [-0.2, -0.15) is 0 Å². The zero-order valence-corrected chi connectivity index (χ0v) is 16.9. The average Bonchev–Trinajstić information content (AvgIpc) is 2.96. The summed E-state index contributed by atoms with van der Waals surface area (Å²) < 4.78 is 2.01. The van der Waals surface area contributed by atoms with E-state index < -0.39 is 0 Å². The average molecular weight is 369 g/mol. The molecule has 6 heteroatoms. The summed E-state index contributed by atoms with van der Waals surface area (Å²) in [7, 11) is 1.99. The largest absolute Gasteiger partial charge is 0.354 e. The molecule has 1 aromatic heterocycles. The zero-order chi connectivity index (χ0) is 19.2. The standard InChI is InChI=1S/C21H32N6/c1-15-10-16(2)12-19(11-15)24-21(22-13-18-8-6-5-7-9-18)23-14-20-26-25-17(3)27(20)4/h5-9,15-16,19H,10-14H2,1-4H3,(H2,22,23,24). The Morgan fingerprint density at radius 1 is 1.11 bits per heavy atom. The lowest BCUT2D eigenvalue weighted by Gasteiger charge is -2.33. The van der Waals surface area contributed by atoms with Gasteiger partial charge in [-0.1, -0.05) is 44.2 Å². The van der Waals surface area contributed by atoms with Crippen molar-refractivity contribution in [2.45, 2.75) is 59.2 Å². The maximum absolute atomic E-state index is 4.83. The topological polar surface area (TPSA) is 67.1 Å². The summed E-state index contributed by atoms with van der Waals surface area (Å²) in [4.78, 5) is 4.83. The van der Waals surface area contributed by atoms with E-state index in [9.17, 15) is 0 Å². The number of nitrogens with one attached hydrogen (secondary N) is 2. The second-order valence-corrected chi connectivity index (χ2v) is 7.99. The molecule has 0 spiro atoms. The molecule has 0 amide bonds. The first-order valence-corrected chi connectivity index (χ1v) is 9.95. The van der Waals surface area contributed by atoms with Crippen LogP contribution in [0.15, 0.2) is 35.3 Å². The second kappa shape index (κ2) is 9.02. The van der Waals surface area contributed by atoms with Crippen LogP contribution in [-0.4, -0.2) is 26.8 Å². The second-order valence-electron chi connectivity index (χ2n) is 7.99. The van der Waals surface area contributed by atoms with Gasteiger partial charge in [-0.05, 0) is 43.6 Å². The van der Waals surface area contributed by atoms with E-state index in [-0.39, 0.29) is 0 Å². The van der Waals surface area contributed by atoms with Crippen LogP contribution < -0.4 is 10.6 Å². The van der Waals surface area contributed by atoms with Crippen molar-refractivity contribution in [3.63, 3.8) is 0 Å². The van der Waals surface area contributed by atoms with Crippen LogP contribution in [0, 0.1) is 18.8 Å². The number of rotatable bonds is 5. The molecule has 6 nitrogen and oxygen atoms in total. The Labute approximate surface area is 162 Å². The molecule has 146 valence electrons. The molecule has 3 rings (SSSR count). The Morgan fingerprint density at radius 2 is 1.81 bits per heavy atom. The van der Waals surface area contributed by atoms with Crippen LogP contribution >= 0.6 is 0 Å². The first kappa shape index (κ1) is 19.4. The van der Waals surface area contributed by atoms with E-state index in [0.29, 0.717) is 19.1 Å². The highest BCUT2D eigenvalue weighted by molar-refractivity contribution is 5.80. The SMILES string of the molecule is Cc1nnc(CNC(=NCc2ccccc2)NC2CC(C)CC(C)C2)n1C. The molecule has 0 saturated heterocycles. The first-order chi connectivity index (χ1) is 13.0. The van der Waals surface area contributed by atoms with E-state index in [1.807, 2.05) is 24.6 Å². The van der Waals surface area contributed by atoms with Crippen LogP contribution in [0.25, 0.3) is 0 Å². The van der Waals surface area contributed by atoms with E-state index in [2.05, 4.69) is 58.9 Å². The van der Waals surface area contributed by atoms with E-state index in [4.69, 9.17) is 4.99 Å². The molecule has 1 aliphatic rings. The third-order valence-electron chi connectivity index (χ3n) is 5.38. The quantitative estimate of drug-likeness (QED) is 0.628. The van der Waals surface area contributed by atoms with Gasteiger partial charge in [-0.25, -0.2) is 4.99 Å². The van der Waals surface area contributed by atoms with Crippen molar-refractivity contribution in [3.05, 3.63) is 47.5 Å². The highest BCUT2D eigenvalue weighted by atomic mass is 15.3. The summed E-state index contributed by atoms with van der Waals surface area (Å²) in [6, 6.07) is 10.8. The molecule has 1 fully saturated rings. The minimum atomic E-state index is 0.465. The molecule has 0 aliphatic heterocycles. The number of benzene rings is 1. The van der Waals surface area contributed by atoms with Crippen molar-refractivity contribution < 1.29 is 0 Å². The normalized spacial score (nSPS) is 23.3. The van der Waals surface area contributed by atoms with Gasteiger partial charge in [0.05, 0.1) is 13.1 Å². The highest BCUT2D eigenvalue weighted by Gasteiger charge is 2.24. The zero-order valence-electron chi connectivity index (χ0n) is 16.9. The van der Waals surface area contributed by atoms with Crippen LogP contribution in [0.5, 0.6) is 0 Å².